The summed E-state index contributed by atoms with van der Waals surface area (Å²) in [6.07, 6.45) is 1.12. The molecule has 1 saturated heterocycles. The van der Waals surface area contributed by atoms with Crippen molar-refractivity contribution < 1.29 is 4.79 Å². The first-order valence-electron chi connectivity index (χ1n) is 5.70. The van der Waals surface area contributed by atoms with E-state index in [1.807, 2.05) is 37.4 Å². The predicted molar refractivity (Wildman–Crippen MR) is 66.3 cm³/mol. The molecule has 0 saturated carbocycles. The van der Waals surface area contributed by atoms with Crippen LogP contribution in [0.5, 0.6) is 0 Å². The van der Waals surface area contributed by atoms with E-state index in [0.717, 1.165) is 31.8 Å². The molecule has 1 fully saturated rings. The summed E-state index contributed by atoms with van der Waals surface area (Å²) >= 11 is 1.95. The van der Waals surface area contributed by atoms with Crippen molar-refractivity contribution in [2.24, 2.45) is 0 Å². The van der Waals surface area contributed by atoms with Crippen LogP contribution in [0, 0.1) is 0 Å². The summed E-state index contributed by atoms with van der Waals surface area (Å²) in [4.78, 5) is 14.2. The number of hydrogen-bond acceptors (Lipinski definition) is 3. The Hall–Kier alpha value is -0.220. The monoisotopic (exact) mass is 230 g/mol. The second-order valence-electron chi connectivity index (χ2n) is 4.41. The van der Waals surface area contributed by atoms with Crippen molar-refractivity contribution in [3.63, 3.8) is 0 Å². The maximum atomic E-state index is 12.2. The Labute approximate surface area is 97.0 Å². The van der Waals surface area contributed by atoms with Crippen LogP contribution in [0.1, 0.15) is 27.2 Å². The third-order valence-corrected chi connectivity index (χ3v) is 3.71. The van der Waals surface area contributed by atoms with Gasteiger partial charge in [0, 0.05) is 18.8 Å². The van der Waals surface area contributed by atoms with Crippen LogP contribution in [0.3, 0.4) is 0 Å². The first-order valence-corrected chi connectivity index (χ1v) is 6.85. The van der Waals surface area contributed by atoms with Gasteiger partial charge in [-0.25, -0.2) is 0 Å². The number of nitrogens with zero attached hydrogens (tertiary/aromatic N) is 1. The molecule has 3 nitrogen and oxygen atoms in total. The van der Waals surface area contributed by atoms with E-state index in [0.29, 0.717) is 0 Å². The minimum atomic E-state index is -0.413. The van der Waals surface area contributed by atoms with Gasteiger partial charge in [0.25, 0.3) is 0 Å². The number of carbonyl (C=O) groups is 1. The fraction of sp³-hybridized carbons (Fsp3) is 0.909. The van der Waals surface area contributed by atoms with Gasteiger partial charge in [0.15, 0.2) is 0 Å². The highest BCUT2D eigenvalue weighted by Gasteiger charge is 2.30. The molecule has 0 aromatic rings. The Bertz CT molecular complexity index is 211. The molecule has 0 aromatic heterocycles. The van der Waals surface area contributed by atoms with Gasteiger partial charge in [-0.15, -0.1) is 0 Å². The van der Waals surface area contributed by atoms with Gasteiger partial charge in [-0.2, -0.15) is 11.8 Å². The largest absolute Gasteiger partial charge is 0.340 e. The van der Waals surface area contributed by atoms with Crippen LogP contribution in [0.15, 0.2) is 0 Å². The van der Waals surface area contributed by atoms with Crippen molar-refractivity contribution in [2.45, 2.75) is 32.7 Å². The van der Waals surface area contributed by atoms with Gasteiger partial charge in [0.2, 0.25) is 5.91 Å². The van der Waals surface area contributed by atoms with Gasteiger partial charge in [-0.3, -0.25) is 4.79 Å². The molecule has 0 unspecified atom stereocenters. The van der Waals surface area contributed by atoms with Crippen LogP contribution in [-0.2, 0) is 4.79 Å². The SMILES string of the molecule is CCNC(C)(C)C(=O)N1CCCSCC1. The molecule has 0 bridgehead atoms. The molecule has 1 N–H and O–H groups in total. The maximum absolute atomic E-state index is 12.2. The summed E-state index contributed by atoms with van der Waals surface area (Å²) in [6, 6.07) is 0. The minimum absolute atomic E-state index is 0.242. The molecular formula is C11H22N2OS. The van der Waals surface area contributed by atoms with Crippen molar-refractivity contribution in [3.8, 4) is 0 Å². The summed E-state index contributed by atoms with van der Waals surface area (Å²) in [7, 11) is 0. The lowest BCUT2D eigenvalue weighted by molar-refractivity contribution is -0.136. The number of rotatable bonds is 3. The average Bonchev–Trinajstić information content (AvgIpc) is 2.44. The van der Waals surface area contributed by atoms with E-state index in [9.17, 15) is 4.79 Å². The summed E-state index contributed by atoms with van der Waals surface area (Å²) in [5.41, 5.74) is -0.413. The van der Waals surface area contributed by atoms with Crippen molar-refractivity contribution >= 4 is 17.7 Å². The third-order valence-electron chi connectivity index (χ3n) is 2.66. The molecule has 4 heteroatoms. The van der Waals surface area contributed by atoms with Crippen LogP contribution < -0.4 is 5.32 Å². The van der Waals surface area contributed by atoms with Gasteiger partial charge in [0.1, 0.15) is 0 Å². The van der Waals surface area contributed by atoms with Gasteiger partial charge in [-0.1, -0.05) is 6.92 Å². The Morgan fingerprint density at radius 1 is 1.40 bits per heavy atom. The van der Waals surface area contributed by atoms with Crippen LogP contribution in [0.2, 0.25) is 0 Å². The molecule has 0 aliphatic carbocycles. The number of amides is 1. The highest BCUT2D eigenvalue weighted by Crippen LogP contribution is 2.14. The molecule has 1 rings (SSSR count). The lowest BCUT2D eigenvalue weighted by Crippen LogP contribution is -2.54. The zero-order chi connectivity index (χ0) is 11.3. The molecule has 0 radical (unpaired) electrons. The van der Waals surface area contributed by atoms with Crippen molar-refractivity contribution in [1.82, 2.24) is 10.2 Å². The van der Waals surface area contributed by atoms with Crippen molar-refractivity contribution in [2.75, 3.05) is 31.1 Å². The van der Waals surface area contributed by atoms with E-state index in [1.54, 1.807) is 0 Å². The van der Waals surface area contributed by atoms with E-state index in [4.69, 9.17) is 0 Å². The van der Waals surface area contributed by atoms with E-state index < -0.39 is 5.54 Å². The van der Waals surface area contributed by atoms with Crippen molar-refractivity contribution in [3.05, 3.63) is 0 Å². The highest BCUT2D eigenvalue weighted by atomic mass is 32.2. The second kappa shape index (κ2) is 5.75. The topological polar surface area (TPSA) is 32.3 Å². The first-order chi connectivity index (χ1) is 7.08. The van der Waals surface area contributed by atoms with Crippen LogP contribution >= 0.6 is 11.8 Å². The lowest BCUT2D eigenvalue weighted by Gasteiger charge is -2.31. The summed E-state index contributed by atoms with van der Waals surface area (Å²) in [5, 5.41) is 3.24. The maximum Gasteiger partial charge on any atom is 0.242 e. The molecule has 0 spiro atoms. The molecular weight excluding hydrogens is 208 g/mol. The number of thioether (sulfide) groups is 1. The first kappa shape index (κ1) is 12.8. The zero-order valence-corrected chi connectivity index (χ0v) is 10.8. The fourth-order valence-electron chi connectivity index (χ4n) is 1.86. The van der Waals surface area contributed by atoms with E-state index in [2.05, 4.69) is 5.32 Å². The fourth-order valence-corrected chi connectivity index (χ4v) is 2.75. The Morgan fingerprint density at radius 2 is 2.13 bits per heavy atom. The second-order valence-corrected chi connectivity index (χ2v) is 5.64. The average molecular weight is 230 g/mol. The molecule has 1 aliphatic rings. The predicted octanol–water partition coefficient (Wildman–Crippen LogP) is 1.34. The van der Waals surface area contributed by atoms with Crippen LogP contribution in [-0.4, -0.2) is 47.5 Å². The molecule has 15 heavy (non-hydrogen) atoms. The van der Waals surface area contributed by atoms with Gasteiger partial charge in [-0.05, 0) is 32.6 Å². The van der Waals surface area contributed by atoms with Gasteiger partial charge < -0.3 is 10.2 Å². The minimum Gasteiger partial charge on any atom is -0.340 e. The number of hydrogen-bond donors (Lipinski definition) is 1. The molecule has 88 valence electrons. The third kappa shape index (κ3) is 3.68. The van der Waals surface area contributed by atoms with Gasteiger partial charge >= 0.3 is 0 Å². The normalized spacial score (nSPS) is 18.7. The molecule has 1 amide bonds. The number of carbonyl (C=O) groups excluding carboxylic acids is 1. The van der Waals surface area contributed by atoms with Crippen LogP contribution in [0.25, 0.3) is 0 Å². The summed E-state index contributed by atoms with van der Waals surface area (Å²) in [6.45, 7) is 8.63. The summed E-state index contributed by atoms with van der Waals surface area (Å²) in [5.74, 6) is 2.51. The standard InChI is InChI=1S/C11H22N2OS/c1-4-12-11(2,3)10(14)13-6-5-8-15-9-7-13/h12H,4-9H2,1-3H3. The van der Waals surface area contributed by atoms with E-state index in [-0.39, 0.29) is 5.91 Å². The summed E-state index contributed by atoms with van der Waals surface area (Å²) < 4.78 is 0. The lowest BCUT2D eigenvalue weighted by atomic mass is 10.0. The highest BCUT2D eigenvalue weighted by molar-refractivity contribution is 7.99. The Morgan fingerprint density at radius 3 is 2.80 bits per heavy atom. The van der Waals surface area contributed by atoms with Crippen molar-refractivity contribution in [1.29, 1.82) is 0 Å². The number of nitrogens with one attached hydrogen (secondary N) is 1. The molecule has 1 heterocycles. The van der Waals surface area contributed by atoms with E-state index >= 15 is 0 Å². The van der Waals surface area contributed by atoms with E-state index in [1.165, 1.54) is 5.75 Å². The quantitative estimate of drug-likeness (QED) is 0.794. The molecule has 0 aromatic carbocycles. The molecule has 0 atom stereocenters. The smallest absolute Gasteiger partial charge is 0.242 e. The Kier molecular flexibility index (Phi) is 4.93. The number of likely N-dealkylation sites (N-methyl/N-ethyl adjacent to an activating group) is 1. The molecule has 1 aliphatic heterocycles. The van der Waals surface area contributed by atoms with Gasteiger partial charge in [0.05, 0.1) is 5.54 Å². The zero-order valence-electron chi connectivity index (χ0n) is 10.0. The van der Waals surface area contributed by atoms with Crippen LogP contribution in [0.4, 0.5) is 0 Å². The Balaban J connectivity index is 2.56.